The fourth-order valence-electron chi connectivity index (χ4n) is 2.66. The van der Waals surface area contributed by atoms with E-state index in [0.717, 1.165) is 25.0 Å². The van der Waals surface area contributed by atoms with Crippen molar-refractivity contribution in [1.29, 1.82) is 0 Å². The van der Waals surface area contributed by atoms with E-state index in [2.05, 4.69) is 4.98 Å². The van der Waals surface area contributed by atoms with E-state index >= 15 is 0 Å². The SMILES string of the molecule is CC(C)(C)OC(=O)N1CCCC[C@H]1C[S@@](=O)Cc1ccccn1. The number of pyridine rings is 1. The molecule has 2 heterocycles. The average Bonchev–Trinajstić information content (AvgIpc) is 2.47. The lowest BCUT2D eigenvalue weighted by atomic mass is 10.0. The van der Waals surface area contributed by atoms with Gasteiger partial charge in [-0.15, -0.1) is 0 Å². The van der Waals surface area contributed by atoms with Gasteiger partial charge in [-0.1, -0.05) is 6.07 Å². The molecule has 1 aliphatic heterocycles. The molecule has 0 aromatic carbocycles. The quantitative estimate of drug-likeness (QED) is 0.846. The number of carbonyl (C=O) groups excluding carboxylic acids is 1. The van der Waals surface area contributed by atoms with E-state index in [9.17, 15) is 9.00 Å². The zero-order valence-electron chi connectivity index (χ0n) is 14.2. The van der Waals surface area contributed by atoms with Gasteiger partial charge < -0.3 is 9.64 Å². The van der Waals surface area contributed by atoms with E-state index in [1.165, 1.54) is 0 Å². The highest BCUT2D eigenvalue weighted by molar-refractivity contribution is 7.84. The predicted molar refractivity (Wildman–Crippen MR) is 91.5 cm³/mol. The van der Waals surface area contributed by atoms with E-state index < -0.39 is 16.4 Å². The Bertz CT molecular complexity index is 543. The van der Waals surface area contributed by atoms with Crippen LogP contribution in [0.5, 0.6) is 0 Å². The third-order valence-electron chi connectivity index (χ3n) is 3.67. The van der Waals surface area contributed by atoms with E-state index in [0.29, 0.717) is 18.1 Å². The summed E-state index contributed by atoms with van der Waals surface area (Å²) in [7, 11) is -1.04. The maximum Gasteiger partial charge on any atom is 0.410 e. The van der Waals surface area contributed by atoms with Crippen LogP contribution in [-0.4, -0.2) is 44.1 Å². The Morgan fingerprint density at radius 1 is 1.39 bits per heavy atom. The number of aromatic nitrogens is 1. The van der Waals surface area contributed by atoms with Crippen LogP contribution in [0.25, 0.3) is 0 Å². The topological polar surface area (TPSA) is 59.5 Å². The first-order valence-corrected chi connectivity index (χ1v) is 9.58. The summed E-state index contributed by atoms with van der Waals surface area (Å²) in [5.74, 6) is 0.912. The van der Waals surface area contributed by atoms with Crippen LogP contribution >= 0.6 is 0 Å². The van der Waals surface area contributed by atoms with Crippen molar-refractivity contribution in [2.24, 2.45) is 0 Å². The molecule has 0 unspecified atom stereocenters. The summed E-state index contributed by atoms with van der Waals surface area (Å²) in [6.45, 7) is 6.27. The van der Waals surface area contributed by atoms with Crippen LogP contribution in [0.4, 0.5) is 4.79 Å². The highest BCUT2D eigenvalue weighted by Crippen LogP contribution is 2.21. The lowest BCUT2D eigenvalue weighted by Crippen LogP contribution is -2.48. The van der Waals surface area contributed by atoms with Crippen molar-refractivity contribution < 1.29 is 13.7 Å². The number of hydrogen-bond acceptors (Lipinski definition) is 4. The standard InChI is InChI=1S/C17H26N2O3S/c1-17(2,3)22-16(20)19-11-7-5-9-15(19)13-23(21)12-14-8-4-6-10-18-14/h4,6,8,10,15H,5,7,9,11-13H2,1-3H3/t15-,23-/m0/s1. The summed E-state index contributed by atoms with van der Waals surface area (Å²) in [5, 5.41) is 0. The molecule has 6 heteroatoms. The number of nitrogens with zero attached hydrogens (tertiary/aromatic N) is 2. The number of ether oxygens (including phenoxy) is 1. The first kappa shape index (κ1) is 17.9. The molecule has 2 rings (SSSR count). The summed E-state index contributed by atoms with van der Waals surface area (Å²) >= 11 is 0. The summed E-state index contributed by atoms with van der Waals surface area (Å²) in [5.41, 5.74) is 0.317. The lowest BCUT2D eigenvalue weighted by molar-refractivity contribution is 0.0125. The molecule has 0 bridgehead atoms. The fraction of sp³-hybridized carbons (Fsp3) is 0.647. The summed E-state index contributed by atoms with van der Waals surface area (Å²) in [4.78, 5) is 18.3. The van der Waals surface area contributed by atoms with Gasteiger partial charge in [-0.3, -0.25) is 9.19 Å². The van der Waals surface area contributed by atoms with Gasteiger partial charge >= 0.3 is 6.09 Å². The molecule has 0 saturated carbocycles. The molecule has 1 aromatic heterocycles. The Morgan fingerprint density at radius 3 is 2.83 bits per heavy atom. The van der Waals surface area contributed by atoms with Crippen LogP contribution in [0, 0.1) is 0 Å². The van der Waals surface area contributed by atoms with Crippen LogP contribution in [0.1, 0.15) is 45.7 Å². The highest BCUT2D eigenvalue weighted by atomic mass is 32.2. The number of likely N-dealkylation sites (tertiary alicyclic amines) is 1. The van der Waals surface area contributed by atoms with Gasteiger partial charge in [-0.25, -0.2) is 4.79 Å². The Balaban J connectivity index is 1.95. The van der Waals surface area contributed by atoms with Crippen molar-refractivity contribution in [2.45, 2.75) is 57.4 Å². The second-order valence-corrected chi connectivity index (χ2v) is 8.40. The van der Waals surface area contributed by atoms with Crippen molar-refractivity contribution in [3.8, 4) is 0 Å². The molecule has 5 nitrogen and oxygen atoms in total. The van der Waals surface area contributed by atoms with Crippen molar-refractivity contribution in [1.82, 2.24) is 9.88 Å². The number of hydrogen-bond donors (Lipinski definition) is 0. The molecule has 1 aromatic rings. The molecular weight excluding hydrogens is 312 g/mol. The van der Waals surface area contributed by atoms with Crippen LogP contribution in [0.3, 0.4) is 0 Å². The summed E-state index contributed by atoms with van der Waals surface area (Å²) in [6, 6.07) is 5.61. The van der Waals surface area contributed by atoms with Gasteiger partial charge in [0, 0.05) is 35.3 Å². The van der Waals surface area contributed by atoms with Gasteiger partial charge in [0.05, 0.1) is 11.4 Å². The highest BCUT2D eigenvalue weighted by Gasteiger charge is 2.31. The first-order valence-electron chi connectivity index (χ1n) is 8.09. The third-order valence-corrected chi connectivity index (χ3v) is 5.04. The van der Waals surface area contributed by atoms with Gasteiger partial charge in [0.15, 0.2) is 0 Å². The smallest absolute Gasteiger partial charge is 0.410 e. The molecule has 1 aliphatic rings. The molecular formula is C17H26N2O3S. The number of rotatable bonds is 4. The van der Waals surface area contributed by atoms with Gasteiger partial charge in [0.1, 0.15) is 5.60 Å². The molecule has 0 aliphatic carbocycles. The van der Waals surface area contributed by atoms with Crippen molar-refractivity contribution in [2.75, 3.05) is 12.3 Å². The van der Waals surface area contributed by atoms with E-state index in [1.807, 2.05) is 39.0 Å². The molecule has 0 N–H and O–H groups in total. The van der Waals surface area contributed by atoms with Gasteiger partial charge in [-0.05, 0) is 52.2 Å². The second kappa shape index (κ2) is 7.90. The summed E-state index contributed by atoms with van der Waals surface area (Å²) < 4.78 is 17.9. The number of piperidine rings is 1. The normalized spacial score (nSPS) is 20.1. The van der Waals surface area contributed by atoms with Gasteiger partial charge in [0.25, 0.3) is 0 Å². The minimum Gasteiger partial charge on any atom is -0.444 e. The monoisotopic (exact) mass is 338 g/mol. The predicted octanol–water partition coefficient (Wildman–Crippen LogP) is 3.12. The minimum atomic E-state index is -1.04. The lowest BCUT2D eigenvalue weighted by Gasteiger charge is -2.36. The molecule has 1 saturated heterocycles. The van der Waals surface area contributed by atoms with Gasteiger partial charge in [0.2, 0.25) is 0 Å². The molecule has 1 fully saturated rings. The van der Waals surface area contributed by atoms with E-state index in [1.54, 1.807) is 11.1 Å². The maximum absolute atomic E-state index is 12.4. The Kier molecular flexibility index (Phi) is 6.16. The van der Waals surface area contributed by atoms with Crippen LogP contribution in [-0.2, 0) is 21.3 Å². The minimum absolute atomic E-state index is 0.0110. The fourth-order valence-corrected chi connectivity index (χ4v) is 4.05. The van der Waals surface area contributed by atoms with Crippen LogP contribution in [0.2, 0.25) is 0 Å². The second-order valence-electron chi connectivity index (χ2n) is 6.90. The molecule has 2 atom stereocenters. The number of carbonyl (C=O) groups is 1. The van der Waals surface area contributed by atoms with E-state index in [4.69, 9.17) is 4.74 Å². The average molecular weight is 338 g/mol. The number of amides is 1. The van der Waals surface area contributed by atoms with Crippen LogP contribution < -0.4 is 0 Å². The van der Waals surface area contributed by atoms with Crippen LogP contribution in [0.15, 0.2) is 24.4 Å². The largest absolute Gasteiger partial charge is 0.444 e. The zero-order chi connectivity index (χ0) is 16.9. The molecule has 1 amide bonds. The van der Waals surface area contributed by atoms with Gasteiger partial charge in [-0.2, -0.15) is 0 Å². The van der Waals surface area contributed by atoms with E-state index in [-0.39, 0.29) is 12.1 Å². The van der Waals surface area contributed by atoms with Crippen molar-refractivity contribution in [3.63, 3.8) is 0 Å². The zero-order valence-corrected chi connectivity index (χ0v) is 15.0. The molecule has 23 heavy (non-hydrogen) atoms. The van der Waals surface area contributed by atoms with Crippen molar-refractivity contribution >= 4 is 16.9 Å². The molecule has 0 spiro atoms. The van der Waals surface area contributed by atoms with Crippen molar-refractivity contribution in [3.05, 3.63) is 30.1 Å². The first-order chi connectivity index (χ1) is 10.8. The Labute approximate surface area is 140 Å². The summed E-state index contributed by atoms with van der Waals surface area (Å²) in [6.07, 6.45) is 4.33. The Morgan fingerprint density at radius 2 is 2.17 bits per heavy atom. The maximum atomic E-state index is 12.4. The third kappa shape index (κ3) is 5.94. The Hall–Kier alpha value is -1.43. The molecule has 0 radical (unpaired) electrons. The molecule has 128 valence electrons.